The van der Waals surface area contributed by atoms with Gasteiger partial charge in [0.2, 0.25) is 5.91 Å². The van der Waals surface area contributed by atoms with Gasteiger partial charge in [-0.2, -0.15) is 5.10 Å². The molecule has 0 atom stereocenters. The first-order chi connectivity index (χ1) is 15.1. The number of carbonyl (C=O) groups excluding carboxylic acids is 1. The average molecular weight is 439 g/mol. The van der Waals surface area contributed by atoms with E-state index in [9.17, 15) is 4.79 Å². The number of hydrogen-bond donors (Lipinski definition) is 1. The Hall–Kier alpha value is -3.04. The van der Waals surface area contributed by atoms with Gasteiger partial charge in [-0.15, -0.1) is 0 Å². The van der Waals surface area contributed by atoms with Crippen molar-refractivity contribution >= 4 is 18.1 Å². The predicted octanol–water partition coefficient (Wildman–Crippen LogP) is 2.75. The largest absolute Gasteiger partial charge is 0.497 e. The second kappa shape index (κ2) is 9.84. The van der Waals surface area contributed by atoms with E-state index in [-0.39, 0.29) is 5.91 Å². The summed E-state index contributed by atoms with van der Waals surface area (Å²) < 4.78 is 7.61. The summed E-state index contributed by atoms with van der Waals surface area (Å²) in [6, 6.07) is 11.7. The van der Waals surface area contributed by atoms with Gasteiger partial charge in [-0.1, -0.05) is 0 Å². The summed E-state index contributed by atoms with van der Waals surface area (Å²) in [4.78, 5) is 21.2. The third-order valence-corrected chi connectivity index (χ3v) is 5.85. The van der Waals surface area contributed by atoms with E-state index < -0.39 is 0 Å². The lowest BCUT2D eigenvalue weighted by Gasteiger charge is -2.34. The molecule has 0 unspecified atom stereocenters. The van der Waals surface area contributed by atoms with E-state index in [4.69, 9.17) is 17.0 Å². The van der Waals surface area contributed by atoms with Crippen LogP contribution in [0.25, 0.3) is 11.4 Å². The molecule has 9 heteroatoms. The first-order valence-electron chi connectivity index (χ1n) is 10.3. The van der Waals surface area contributed by atoms with E-state index in [0.717, 1.165) is 49.9 Å². The third kappa shape index (κ3) is 5.18. The number of methoxy groups -OCH3 is 1. The van der Waals surface area contributed by atoms with Gasteiger partial charge >= 0.3 is 0 Å². The van der Waals surface area contributed by atoms with Crippen molar-refractivity contribution < 1.29 is 9.53 Å². The van der Waals surface area contributed by atoms with E-state index in [2.05, 4.69) is 20.1 Å². The van der Waals surface area contributed by atoms with E-state index in [1.165, 1.54) is 5.56 Å². The van der Waals surface area contributed by atoms with Crippen LogP contribution in [0.1, 0.15) is 12.0 Å². The molecule has 3 aromatic rings. The summed E-state index contributed by atoms with van der Waals surface area (Å²) in [6.45, 7) is 4.61. The number of amides is 1. The first kappa shape index (κ1) is 21.2. The molecule has 162 valence electrons. The molecule has 1 aliphatic rings. The normalized spacial score (nSPS) is 14.5. The zero-order valence-corrected chi connectivity index (χ0v) is 18.3. The fourth-order valence-corrected chi connectivity index (χ4v) is 3.98. The molecule has 0 spiro atoms. The van der Waals surface area contributed by atoms with Crippen molar-refractivity contribution in [1.82, 2.24) is 29.5 Å². The molecule has 1 amide bonds. The minimum Gasteiger partial charge on any atom is -0.497 e. The number of aromatic nitrogens is 4. The highest BCUT2D eigenvalue weighted by Gasteiger charge is 2.21. The van der Waals surface area contributed by atoms with Crippen LogP contribution in [0.4, 0.5) is 0 Å². The second-order valence-electron chi connectivity index (χ2n) is 7.49. The van der Waals surface area contributed by atoms with Crippen molar-refractivity contribution in [2.75, 3.05) is 33.3 Å². The van der Waals surface area contributed by atoms with Gasteiger partial charge in [0.25, 0.3) is 0 Å². The van der Waals surface area contributed by atoms with Crippen LogP contribution in [0.2, 0.25) is 0 Å². The lowest BCUT2D eigenvalue weighted by atomic mass is 10.2. The number of rotatable bonds is 7. The number of carbonyl (C=O) groups is 1. The summed E-state index contributed by atoms with van der Waals surface area (Å²) in [5.41, 5.74) is 2.17. The molecule has 0 radical (unpaired) electrons. The fraction of sp³-hybridized carbons (Fsp3) is 0.364. The molecular formula is C22H26N6O2S. The van der Waals surface area contributed by atoms with E-state index in [0.29, 0.717) is 17.7 Å². The zero-order chi connectivity index (χ0) is 21.6. The topological polar surface area (TPSA) is 79.3 Å². The molecule has 1 saturated heterocycles. The molecule has 3 heterocycles. The van der Waals surface area contributed by atoms with Crippen molar-refractivity contribution in [3.63, 3.8) is 0 Å². The summed E-state index contributed by atoms with van der Waals surface area (Å²) in [5, 5.41) is 7.20. The lowest BCUT2D eigenvalue weighted by Crippen LogP contribution is -2.48. The number of H-pyrrole nitrogens is 1. The van der Waals surface area contributed by atoms with Crippen molar-refractivity contribution in [3.05, 3.63) is 59.1 Å². The number of aromatic amines is 1. The molecule has 0 aliphatic carbocycles. The van der Waals surface area contributed by atoms with E-state index >= 15 is 0 Å². The molecule has 4 rings (SSSR count). The van der Waals surface area contributed by atoms with Crippen molar-refractivity contribution in [3.8, 4) is 17.1 Å². The van der Waals surface area contributed by atoms with Crippen LogP contribution < -0.4 is 4.74 Å². The number of ether oxygens (including phenoxy) is 1. The number of pyridine rings is 1. The quantitative estimate of drug-likeness (QED) is 0.572. The lowest BCUT2D eigenvalue weighted by molar-refractivity contribution is -0.133. The van der Waals surface area contributed by atoms with E-state index in [1.54, 1.807) is 7.11 Å². The van der Waals surface area contributed by atoms with Crippen molar-refractivity contribution in [2.24, 2.45) is 0 Å². The monoisotopic (exact) mass is 438 g/mol. The number of hydrogen-bond acceptors (Lipinski definition) is 6. The summed E-state index contributed by atoms with van der Waals surface area (Å²) >= 11 is 5.39. The van der Waals surface area contributed by atoms with Gasteiger partial charge in [0.1, 0.15) is 5.75 Å². The standard InChI is InChI=1S/C22H26N6O2S/c1-30-19-4-2-18(3-5-19)21-24-25-22(31)28(21)11-8-20(29)27-14-12-26(13-15-27)16-17-6-9-23-10-7-17/h2-7,9-10H,8,11-16H2,1H3,(H,25,31). The van der Waals surface area contributed by atoms with Crippen LogP contribution in [0, 0.1) is 4.77 Å². The highest BCUT2D eigenvalue weighted by molar-refractivity contribution is 7.71. The fourth-order valence-electron chi connectivity index (χ4n) is 3.75. The molecule has 1 fully saturated rings. The Morgan fingerprint density at radius 1 is 1.10 bits per heavy atom. The van der Waals surface area contributed by atoms with Gasteiger partial charge in [-0.05, 0) is 54.2 Å². The van der Waals surface area contributed by atoms with Gasteiger partial charge < -0.3 is 9.64 Å². The Kier molecular flexibility index (Phi) is 6.73. The third-order valence-electron chi connectivity index (χ3n) is 5.54. The smallest absolute Gasteiger partial charge is 0.224 e. The first-order valence-corrected chi connectivity index (χ1v) is 10.7. The van der Waals surface area contributed by atoms with E-state index in [1.807, 2.05) is 58.3 Å². The Bertz CT molecular complexity index is 1060. The molecule has 0 saturated carbocycles. The number of nitrogens with one attached hydrogen (secondary N) is 1. The molecule has 1 aromatic carbocycles. The van der Waals surface area contributed by atoms with Crippen LogP contribution in [0.3, 0.4) is 0 Å². The number of nitrogens with zero attached hydrogens (tertiary/aromatic N) is 5. The summed E-state index contributed by atoms with van der Waals surface area (Å²) in [7, 11) is 1.63. The Labute approximate surface area is 186 Å². The van der Waals surface area contributed by atoms with Crippen LogP contribution in [-0.4, -0.2) is 68.7 Å². The maximum Gasteiger partial charge on any atom is 0.224 e. The van der Waals surface area contributed by atoms with Gasteiger partial charge in [0, 0.05) is 63.6 Å². The maximum atomic E-state index is 12.8. The minimum absolute atomic E-state index is 0.146. The SMILES string of the molecule is COc1ccc(-c2n[nH]c(=S)n2CCC(=O)N2CCN(Cc3ccncc3)CC2)cc1. The molecule has 2 aromatic heterocycles. The van der Waals surface area contributed by atoms with Crippen molar-refractivity contribution in [1.29, 1.82) is 0 Å². The molecule has 31 heavy (non-hydrogen) atoms. The molecule has 1 aliphatic heterocycles. The van der Waals surface area contributed by atoms with Crippen molar-refractivity contribution in [2.45, 2.75) is 19.5 Å². The van der Waals surface area contributed by atoms with Gasteiger partial charge in [-0.25, -0.2) is 0 Å². The van der Waals surface area contributed by atoms with Crippen LogP contribution in [0.5, 0.6) is 5.75 Å². The predicted molar refractivity (Wildman–Crippen MR) is 120 cm³/mol. The Morgan fingerprint density at radius 3 is 2.48 bits per heavy atom. The summed E-state index contributed by atoms with van der Waals surface area (Å²) in [6.07, 6.45) is 4.02. The van der Waals surface area contributed by atoms with Crippen LogP contribution in [0.15, 0.2) is 48.8 Å². The number of benzene rings is 1. The minimum atomic E-state index is 0.146. The maximum absolute atomic E-state index is 12.8. The van der Waals surface area contributed by atoms with Gasteiger partial charge in [-0.3, -0.25) is 24.3 Å². The molecule has 1 N–H and O–H groups in total. The van der Waals surface area contributed by atoms with Crippen LogP contribution in [-0.2, 0) is 17.9 Å². The highest BCUT2D eigenvalue weighted by atomic mass is 32.1. The number of piperazine rings is 1. The zero-order valence-electron chi connectivity index (χ0n) is 17.5. The Morgan fingerprint density at radius 2 is 1.81 bits per heavy atom. The van der Waals surface area contributed by atoms with Gasteiger partial charge in [0.15, 0.2) is 10.6 Å². The summed E-state index contributed by atoms with van der Waals surface area (Å²) in [5.74, 6) is 1.65. The molecule has 0 bridgehead atoms. The Balaban J connectivity index is 1.32. The van der Waals surface area contributed by atoms with Crippen LogP contribution >= 0.6 is 12.2 Å². The molecular weight excluding hydrogens is 412 g/mol. The van der Waals surface area contributed by atoms with Gasteiger partial charge in [0.05, 0.1) is 7.11 Å². The molecule has 8 nitrogen and oxygen atoms in total. The second-order valence-corrected chi connectivity index (χ2v) is 7.88. The highest BCUT2D eigenvalue weighted by Crippen LogP contribution is 2.21. The average Bonchev–Trinajstić information content (AvgIpc) is 3.19.